The number of hydrogen-bond acceptors (Lipinski definition) is 3. The molecule has 0 unspecified atom stereocenters. The number of hydrogen-bond donors (Lipinski definition) is 0. The molecule has 0 amide bonds. The summed E-state index contributed by atoms with van der Waals surface area (Å²) in [5.41, 5.74) is 5.89. The Morgan fingerprint density at radius 1 is 0.793 bits per heavy atom. The van der Waals surface area contributed by atoms with Crippen LogP contribution in [0.1, 0.15) is 5.82 Å². The maximum Gasteiger partial charge on any atom is 0.146 e. The van der Waals surface area contributed by atoms with Gasteiger partial charge in [-0.05, 0) is 19.2 Å². The van der Waals surface area contributed by atoms with Crippen molar-refractivity contribution in [2.24, 2.45) is 7.05 Å². The fourth-order valence-electron chi connectivity index (χ4n) is 4.17. The van der Waals surface area contributed by atoms with E-state index in [1.54, 1.807) is 0 Å². The van der Waals surface area contributed by atoms with Crippen molar-refractivity contribution >= 4 is 41.5 Å². The van der Waals surface area contributed by atoms with Gasteiger partial charge in [-0.15, -0.1) is 24.8 Å². The summed E-state index contributed by atoms with van der Waals surface area (Å²) < 4.78 is 4.63. The van der Waals surface area contributed by atoms with E-state index in [1.165, 1.54) is 22.2 Å². The topological polar surface area (TPSA) is 28.7 Å². The number of imidazole rings is 2. The lowest BCUT2D eigenvalue weighted by atomic mass is 10.2. The van der Waals surface area contributed by atoms with E-state index in [0.717, 1.165) is 44.2 Å². The van der Waals surface area contributed by atoms with Gasteiger partial charge < -0.3 is 9.47 Å². The van der Waals surface area contributed by atoms with Gasteiger partial charge in [-0.25, -0.2) is 4.98 Å². The Morgan fingerprint density at radius 2 is 1.41 bits per heavy atom. The fourth-order valence-corrected chi connectivity index (χ4v) is 4.17. The predicted octanol–water partition coefficient (Wildman–Crippen LogP) is 4.08. The van der Waals surface area contributed by atoms with Crippen LogP contribution >= 0.6 is 24.8 Å². The molecule has 0 spiro atoms. The molecule has 1 aliphatic heterocycles. The Labute approximate surface area is 183 Å². The van der Waals surface area contributed by atoms with Crippen molar-refractivity contribution in [1.29, 1.82) is 0 Å². The van der Waals surface area contributed by atoms with E-state index in [1.807, 2.05) is 0 Å². The molecule has 0 bridgehead atoms. The van der Waals surface area contributed by atoms with E-state index in [0.29, 0.717) is 0 Å². The molecule has 1 aliphatic rings. The molecule has 2 aromatic carbocycles. The highest BCUT2D eigenvalue weighted by atomic mass is 35.5. The summed E-state index contributed by atoms with van der Waals surface area (Å²) in [6.45, 7) is 5.31. The number of aryl methyl sites for hydroxylation is 1. The number of halogens is 2. The van der Waals surface area contributed by atoms with Crippen LogP contribution in [-0.4, -0.2) is 57.0 Å². The molecule has 3 heterocycles. The summed E-state index contributed by atoms with van der Waals surface area (Å²) >= 11 is 0. The van der Waals surface area contributed by atoms with Crippen LogP contribution < -0.4 is 0 Å². The average Bonchev–Trinajstić information content (AvgIpc) is 3.22. The summed E-state index contributed by atoms with van der Waals surface area (Å²) in [5, 5.41) is 0. The van der Waals surface area contributed by atoms with Gasteiger partial charge in [0.05, 0.1) is 17.6 Å². The van der Waals surface area contributed by atoms with Crippen LogP contribution in [0, 0.1) is 0 Å². The zero-order valence-electron chi connectivity index (χ0n) is 16.8. The molecule has 1 fully saturated rings. The van der Waals surface area contributed by atoms with Crippen molar-refractivity contribution < 1.29 is 0 Å². The molecule has 5 nitrogen and oxygen atoms in total. The lowest BCUT2D eigenvalue weighted by Crippen LogP contribution is -2.44. The lowest BCUT2D eigenvalue weighted by Gasteiger charge is -2.31. The van der Waals surface area contributed by atoms with E-state index < -0.39 is 0 Å². The third-order valence-electron chi connectivity index (χ3n) is 5.73. The minimum Gasteiger partial charge on any atom is -0.327 e. The molecule has 0 atom stereocenters. The van der Waals surface area contributed by atoms with Crippen LogP contribution in [-0.2, 0) is 13.6 Å². The summed E-state index contributed by atoms with van der Waals surface area (Å²) in [4.78, 5) is 10.0. The van der Waals surface area contributed by atoms with Gasteiger partial charge >= 0.3 is 0 Å². The van der Waals surface area contributed by atoms with Gasteiger partial charge in [0.15, 0.2) is 0 Å². The van der Waals surface area contributed by atoms with E-state index >= 15 is 0 Å². The maximum atomic E-state index is 5.13. The number of likely N-dealkylation sites (N-methyl/N-ethyl adjacent to an activating group) is 1. The first-order valence-corrected chi connectivity index (χ1v) is 9.63. The SMILES string of the molecule is CN1CCN(Cc2nc(-c3ccccc3)c3n(C)c4ccccc4n23)CC1.Cl.Cl. The van der Waals surface area contributed by atoms with Crippen molar-refractivity contribution in [2.45, 2.75) is 6.54 Å². The van der Waals surface area contributed by atoms with Gasteiger partial charge in [-0.2, -0.15) is 0 Å². The van der Waals surface area contributed by atoms with Gasteiger partial charge in [-0.1, -0.05) is 42.5 Å². The van der Waals surface area contributed by atoms with Crippen LogP contribution in [0.4, 0.5) is 0 Å². The van der Waals surface area contributed by atoms with E-state index in [2.05, 4.69) is 87.5 Å². The molecule has 154 valence electrons. The van der Waals surface area contributed by atoms with E-state index in [9.17, 15) is 0 Å². The molecule has 0 radical (unpaired) electrons. The minimum absolute atomic E-state index is 0. The summed E-state index contributed by atoms with van der Waals surface area (Å²) in [7, 11) is 4.34. The number of aromatic nitrogens is 3. The zero-order valence-corrected chi connectivity index (χ0v) is 18.4. The van der Waals surface area contributed by atoms with Crippen LogP contribution in [0.3, 0.4) is 0 Å². The summed E-state index contributed by atoms with van der Waals surface area (Å²) in [5.74, 6) is 1.13. The Morgan fingerprint density at radius 3 is 2.10 bits per heavy atom. The number of nitrogens with zero attached hydrogens (tertiary/aromatic N) is 5. The maximum absolute atomic E-state index is 5.13. The number of benzene rings is 2. The predicted molar refractivity (Wildman–Crippen MR) is 124 cm³/mol. The lowest BCUT2D eigenvalue weighted by molar-refractivity contribution is 0.145. The van der Waals surface area contributed by atoms with Crippen LogP contribution in [0.5, 0.6) is 0 Å². The monoisotopic (exact) mass is 431 g/mol. The zero-order chi connectivity index (χ0) is 18.4. The molecule has 0 saturated carbocycles. The average molecular weight is 432 g/mol. The second-order valence-electron chi connectivity index (χ2n) is 7.53. The van der Waals surface area contributed by atoms with Crippen LogP contribution in [0.25, 0.3) is 27.9 Å². The van der Waals surface area contributed by atoms with Gasteiger partial charge in [0.1, 0.15) is 17.2 Å². The number of para-hydroxylation sites is 2. The normalized spacial score (nSPS) is 15.4. The minimum atomic E-state index is 0. The van der Waals surface area contributed by atoms with Crippen molar-refractivity contribution in [3.05, 3.63) is 60.4 Å². The molecule has 7 heteroatoms. The Balaban J connectivity index is 0.00000120. The van der Waals surface area contributed by atoms with Crippen molar-refractivity contribution in [3.63, 3.8) is 0 Å². The molecule has 29 heavy (non-hydrogen) atoms. The fraction of sp³-hybridized carbons (Fsp3) is 0.318. The first-order valence-electron chi connectivity index (χ1n) is 9.63. The number of piperazine rings is 1. The number of fused-ring (bicyclic) bond motifs is 3. The molecular weight excluding hydrogens is 405 g/mol. The third kappa shape index (κ3) is 3.76. The van der Waals surface area contributed by atoms with Crippen molar-refractivity contribution in [3.8, 4) is 11.3 Å². The summed E-state index contributed by atoms with van der Waals surface area (Å²) in [6, 6.07) is 19.2. The second-order valence-corrected chi connectivity index (χ2v) is 7.53. The molecule has 0 aliphatic carbocycles. The van der Waals surface area contributed by atoms with Gasteiger partial charge in [0.25, 0.3) is 0 Å². The van der Waals surface area contributed by atoms with Crippen molar-refractivity contribution in [2.75, 3.05) is 33.2 Å². The largest absolute Gasteiger partial charge is 0.327 e. The quantitative estimate of drug-likeness (QED) is 0.489. The first kappa shape index (κ1) is 21.7. The highest BCUT2D eigenvalue weighted by Crippen LogP contribution is 2.31. The Hall–Kier alpha value is -2.05. The van der Waals surface area contributed by atoms with Gasteiger partial charge in [0, 0.05) is 38.8 Å². The molecule has 5 rings (SSSR count). The Kier molecular flexibility index (Phi) is 6.54. The molecule has 4 aromatic rings. The number of rotatable bonds is 3. The van der Waals surface area contributed by atoms with Gasteiger partial charge in [0.2, 0.25) is 0 Å². The smallest absolute Gasteiger partial charge is 0.146 e. The molecule has 0 N–H and O–H groups in total. The van der Waals surface area contributed by atoms with Crippen LogP contribution in [0.2, 0.25) is 0 Å². The highest BCUT2D eigenvalue weighted by molar-refractivity contribution is 5.88. The first-order chi connectivity index (χ1) is 13.2. The molecule has 1 saturated heterocycles. The third-order valence-corrected chi connectivity index (χ3v) is 5.73. The highest BCUT2D eigenvalue weighted by Gasteiger charge is 2.22. The van der Waals surface area contributed by atoms with E-state index in [4.69, 9.17) is 4.98 Å². The molecule has 2 aromatic heterocycles. The van der Waals surface area contributed by atoms with Crippen LogP contribution in [0.15, 0.2) is 54.6 Å². The standard InChI is InChI=1S/C22H25N5.2ClH/c1-24-12-14-26(15-13-24)16-20-23-21(17-8-4-3-5-9-17)22-25(2)18-10-6-7-11-19(18)27(20)22;;/h3-11H,12-16H2,1-2H3;2*1H. The Bertz CT molecular complexity index is 1090. The molecular formula is C22H27Cl2N5. The summed E-state index contributed by atoms with van der Waals surface area (Å²) in [6.07, 6.45) is 0. The second kappa shape index (κ2) is 8.76. The van der Waals surface area contributed by atoms with Crippen molar-refractivity contribution in [1.82, 2.24) is 23.8 Å². The van der Waals surface area contributed by atoms with Gasteiger partial charge in [-0.3, -0.25) is 9.30 Å². The van der Waals surface area contributed by atoms with E-state index in [-0.39, 0.29) is 24.8 Å².